The number of esters is 1. The molecule has 2 bridgehead atoms. The number of benzene rings is 1. The highest BCUT2D eigenvalue weighted by molar-refractivity contribution is 5.84. The van der Waals surface area contributed by atoms with Crippen molar-refractivity contribution in [2.24, 2.45) is 0 Å². The smallest absolute Gasteiger partial charge is 0.316 e. The zero-order chi connectivity index (χ0) is 11.9. The molecule has 17 heavy (non-hydrogen) atoms. The van der Waals surface area contributed by atoms with E-state index in [2.05, 4.69) is 17.4 Å². The van der Waals surface area contributed by atoms with Crippen LogP contribution in [0.5, 0.6) is 0 Å². The monoisotopic (exact) mass is 231 g/mol. The normalized spacial score (nSPS) is 30.5. The molecule has 1 N–H and O–H groups in total. The van der Waals surface area contributed by atoms with E-state index < -0.39 is 5.41 Å². The third kappa shape index (κ3) is 1.49. The highest BCUT2D eigenvalue weighted by Gasteiger charge is 2.48. The summed E-state index contributed by atoms with van der Waals surface area (Å²) in [7, 11) is 1.49. The van der Waals surface area contributed by atoms with Crippen molar-refractivity contribution in [3.63, 3.8) is 0 Å². The lowest BCUT2D eigenvalue weighted by molar-refractivity contribution is -0.149. The SMILES string of the molecule is COC(=O)C12CCNC(Cc3ccccc31)C2. The number of nitrogens with one attached hydrogen (secondary N) is 1. The lowest BCUT2D eigenvalue weighted by Gasteiger charge is -2.44. The number of methoxy groups -OCH3 is 1. The van der Waals surface area contributed by atoms with E-state index in [1.165, 1.54) is 18.2 Å². The summed E-state index contributed by atoms with van der Waals surface area (Å²) in [6.45, 7) is 0.897. The van der Waals surface area contributed by atoms with Crippen LogP contribution in [0.15, 0.2) is 24.3 Å². The zero-order valence-corrected chi connectivity index (χ0v) is 10.0. The van der Waals surface area contributed by atoms with Gasteiger partial charge in [-0.3, -0.25) is 4.79 Å². The Kier molecular flexibility index (Phi) is 2.44. The fourth-order valence-electron chi connectivity index (χ4n) is 3.39. The molecule has 3 heteroatoms. The summed E-state index contributed by atoms with van der Waals surface area (Å²) in [5, 5.41) is 3.49. The van der Waals surface area contributed by atoms with Gasteiger partial charge in [0.2, 0.25) is 0 Å². The molecule has 1 saturated heterocycles. The van der Waals surface area contributed by atoms with Crippen molar-refractivity contribution >= 4 is 5.97 Å². The number of fused-ring (bicyclic) bond motifs is 4. The highest BCUT2D eigenvalue weighted by atomic mass is 16.5. The van der Waals surface area contributed by atoms with Crippen LogP contribution >= 0.6 is 0 Å². The first-order valence-electron chi connectivity index (χ1n) is 6.16. The molecule has 2 unspecified atom stereocenters. The molecule has 0 amide bonds. The van der Waals surface area contributed by atoms with Crippen molar-refractivity contribution < 1.29 is 9.53 Å². The van der Waals surface area contributed by atoms with Crippen molar-refractivity contribution in [2.75, 3.05) is 13.7 Å². The molecular weight excluding hydrogens is 214 g/mol. The van der Waals surface area contributed by atoms with Crippen LogP contribution < -0.4 is 5.32 Å². The number of piperidine rings is 1. The third-order valence-electron chi connectivity index (χ3n) is 4.16. The van der Waals surface area contributed by atoms with Crippen LogP contribution in [-0.4, -0.2) is 25.7 Å². The van der Waals surface area contributed by atoms with E-state index in [0.717, 1.165) is 25.8 Å². The summed E-state index contributed by atoms with van der Waals surface area (Å²) < 4.78 is 5.06. The van der Waals surface area contributed by atoms with Crippen LogP contribution in [-0.2, 0) is 21.4 Å². The molecule has 3 nitrogen and oxygen atoms in total. The minimum atomic E-state index is -0.403. The Morgan fingerprint density at radius 3 is 3.12 bits per heavy atom. The molecule has 1 aliphatic carbocycles. The predicted octanol–water partition coefficient (Wildman–Crippen LogP) is 1.41. The number of hydrogen-bond donors (Lipinski definition) is 1. The maximum atomic E-state index is 12.2. The van der Waals surface area contributed by atoms with Crippen molar-refractivity contribution in [1.29, 1.82) is 0 Å². The van der Waals surface area contributed by atoms with Gasteiger partial charge in [-0.25, -0.2) is 0 Å². The van der Waals surface area contributed by atoms with Gasteiger partial charge < -0.3 is 10.1 Å². The molecule has 0 radical (unpaired) electrons. The Bertz CT molecular complexity index is 457. The summed E-state index contributed by atoms with van der Waals surface area (Å²) in [4.78, 5) is 12.2. The number of rotatable bonds is 1. The van der Waals surface area contributed by atoms with Gasteiger partial charge in [0.1, 0.15) is 0 Å². The van der Waals surface area contributed by atoms with Crippen molar-refractivity contribution in [3.8, 4) is 0 Å². The van der Waals surface area contributed by atoms with Crippen LogP contribution in [0.2, 0.25) is 0 Å². The maximum absolute atomic E-state index is 12.2. The van der Waals surface area contributed by atoms with Gasteiger partial charge in [-0.15, -0.1) is 0 Å². The molecule has 90 valence electrons. The lowest BCUT2D eigenvalue weighted by Crippen LogP contribution is -2.54. The Hall–Kier alpha value is -1.35. The lowest BCUT2D eigenvalue weighted by atomic mass is 9.64. The molecule has 1 fully saturated rings. The van der Waals surface area contributed by atoms with Crippen LogP contribution in [0.4, 0.5) is 0 Å². The number of carbonyl (C=O) groups excluding carboxylic acids is 1. The second kappa shape index (κ2) is 3.84. The topological polar surface area (TPSA) is 38.3 Å². The van der Waals surface area contributed by atoms with E-state index >= 15 is 0 Å². The van der Waals surface area contributed by atoms with Gasteiger partial charge in [0.15, 0.2) is 0 Å². The van der Waals surface area contributed by atoms with E-state index in [4.69, 9.17) is 4.74 Å². The zero-order valence-electron chi connectivity index (χ0n) is 10.0. The molecule has 0 saturated carbocycles. The van der Waals surface area contributed by atoms with E-state index in [0.29, 0.717) is 6.04 Å². The molecule has 1 aromatic carbocycles. The summed E-state index contributed by atoms with van der Waals surface area (Å²) in [6.07, 6.45) is 2.73. The first-order chi connectivity index (χ1) is 8.26. The molecule has 0 aromatic heterocycles. The molecule has 2 atom stereocenters. The molecule has 1 heterocycles. The summed E-state index contributed by atoms with van der Waals surface area (Å²) in [5.41, 5.74) is 2.07. The molecule has 1 aliphatic heterocycles. The molecule has 3 rings (SSSR count). The summed E-state index contributed by atoms with van der Waals surface area (Å²) in [5.74, 6) is -0.0730. The maximum Gasteiger partial charge on any atom is 0.316 e. The molecule has 0 spiro atoms. The van der Waals surface area contributed by atoms with Gasteiger partial charge in [-0.2, -0.15) is 0 Å². The minimum Gasteiger partial charge on any atom is -0.468 e. The number of carbonyl (C=O) groups is 1. The average Bonchev–Trinajstić information content (AvgIpc) is 2.38. The van der Waals surface area contributed by atoms with E-state index in [-0.39, 0.29) is 5.97 Å². The van der Waals surface area contributed by atoms with Crippen LogP contribution in [0, 0.1) is 0 Å². The second-order valence-electron chi connectivity index (χ2n) is 5.04. The minimum absolute atomic E-state index is 0.0730. The Morgan fingerprint density at radius 1 is 1.47 bits per heavy atom. The van der Waals surface area contributed by atoms with E-state index in [1.54, 1.807) is 0 Å². The highest BCUT2D eigenvalue weighted by Crippen LogP contribution is 2.43. The molecule has 2 aliphatic rings. The van der Waals surface area contributed by atoms with Crippen LogP contribution in [0.25, 0.3) is 0 Å². The summed E-state index contributed by atoms with van der Waals surface area (Å²) in [6, 6.07) is 8.70. The quantitative estimate of drug-likeness (QED) is 0.743. The van der Waals surface area contributed by atoms with Crippen molar-refractivity contribution in [3.05, 3.63) is 35.4 Å². The Labute approximate surface area is 101 Å². The third-order valence-corrected chi connectivity index (χ3v) is 4.16. The largest absolute Gasteiger partial charge is 0.468 e. The van der Waals surface area contributed by atoms with Gasteiger partial charge in [-0.1, -0.05) is 24.3 Å². The predicted molar refractivity (Wildman–Crippen MR) is 64.9 cm³/mol. The van der Waals surface area contributed by atoms with Gasteiger partial charge in [0, 0.05) is 6.04 Å². The van der Waals surface area contributed by atoms with E-state index in [9.17, 15) is 4.79 Å². The van der Waals surface area contributed by atoms with Gasteiger partial charge in [0.05, 0.1) is 12.5 Å². The van der Waals surface area contributed by atoms with Crippen LogP contribution in [0.3, 0.4) is 0 Å². The Balaban J connectivity index is 2.15. The number of hydrogen-bond acceptors (Lipinski definition) is 3. The van der Waals surface area contributed by atoms with E-state index in [1.807, 2.05) is 12.1 Å². The van der Waals surface area contributed by atoms with Gasteiger partial charge in [-0.05, 0) is 36.9 Å². The van der Waals surface area contributed by atoms with Gasteiger partial charge >= 0.3 is 5.97 Å². The first-order valence-corrected chi connectivity index (χ1v) is 6.16. The first kappa shape index (κ1) is 10.8. The standard InChI is InChI=1S/C14H17NO2/c1-17-13(16)14-6-7-15-11(9-14)8-10-4-2-3-5-12(10)14/h2-5,11,15H,6-9H2,1H3. The Morgan fingerprint density at radius 2 is 2.29 bits per heavy atom. The van der Waals surface area contributed by atoms with Gasteiger partial charge in [0.25, 0.3) is 0 Å². The van der Waals surface area contributed by atoms with Crippen molar-refractivity contribution in [1.82, 2.24) is 5.32 Å². The average molecular weight is 231 g/mol. The summed E-state index contributed by atoms with van der Waals surface area (Å²) >= 11 is 0. The molecular formula is C14H17NO2. The second-order valence-corrected chi connectivity index (χ2v) is 5.04. The fourth-order valence-corrected chi connectivity index (χ4v) is 3.39. The molecule has 1 aromatic rings. The fraction of sp³-hybridized carbons (Fsp3) is 0.500. The number of ether oxygens (including phenoxy) is 1. The van der Waals surface area contributed by atoms with Crippen LogP contribution in [0.1, 0.15) is 24.0 Å². The van der Waals surface area contributed by atoms with Crippen molar-refractivity contribution in [2.45, 2.75) is 30.7 Å².